The molecule has 3 rings (SSSR count). The van der Waals surface area contributed by atoms with E-state index >= 15 is 0 Å². The summed E-state index contributed by atoms with van der Waals surface area (Å²) in [4.78, 5) is 15.5. The van der Waals surface area contributed by atoms with Crippen LogP contribution < -0.4 is 4.74 Å². The molecule has 0 fully saturated rings. The number of hydrogen-bond acceptors (Lipinski definition) is 4. The third-order valence-corrected chi connectivity index (χ3v) is 5.21. The largest absolute Gasteiger partial charge is 0.487 e. The quantitative estimate of drug-likeness (QED) is 0.562. The van der Waals surface area contributed by atoms with Crippen LogP contribution in [0.1, 0.15) is 47.4 Å². The van der Waals surface area contributed by atoms with Gasteiger partial charge in [0.25, 0.3) is 6.47 Å². The number of ether oxygens (including phenoxy) is 2. The summed E-state index contributed by atoms with van der Waals surface area (Å²) in [6.07, 6.45) is 3.36. The SMILES string of the molecule is C=C(C)[C@@H]1CCc2c(C)cc(OCc3ccccn3)c(C)c2[C@@H]1OC=O. The molecule has 4 nitrogen and oxygen atoms in total. The van der Waals surface area contributed by atoms with Crippen LogP contribution in [0.5, 0.6) is 5.75 Å². The topological polar surface area (TPSA) is 48.4 Å². The van der Waals surface area contributed by atoms with Crippen molar-refractivity contribution in [1.82, 2.24) is 4.98 Å². The van der Waals surface area contributed by atoms with Crippen LogP contribution in [0.25, 0.3) is 0 Å². The average molecular weight is 351 g/mol. The predicted octanol–water partition coefficient (Wildman–Crippen LogP) is 4.63. The van der Waals surface area contributed by atoms with Gasteiger partial charge in [-0.2, -0.15) is 0 Å². The number of pyridine rings is 1. The molecule has 1 aromatic heterocycles. The van der Waals surface area contributed by atoms with Crippen molar-refractivity contribution in [2.45, 2.75) is 46.3 Å². The molecule has 0 saturated carbocycles. The van der Waals surface area contributed by atoms with Gasteiger partial charge in [-0.15, -0.1) is 0 Å². The standard InChI is InChI=1S/C22H25NO3/c1-14(2)18-8-9-19-15(3)11-20(16(4)21(19)22(18)26-13-24)25-12-17-7-5-6-10-23-17/h5-7,10-11,13,18,22H,1,8-9,12H2,2-4H3/t18-,22+/m0/s1. The first kappa shape index (κ1) is 18.2. The lowest BCUT2D eigenvalue weighted by atomic mass is 9.75. The second-order valence-corrected chi connectivity index (χ2v) is 6.96. The summed E-state index contributed by atoms with van der Waals surface area (Å²) in [5.41, 5.74) is 6.45. The molecule has 2 aromatic rings. The molecular formula is C22H25NO3. The first-order valence-electron chi connectivity index (χ1n) is 8.93. The maximum atomic E-state index is 11.2. The van der Waals surface area contributed by atoms with Crippen LogP contribution in [-0.2, 0) is 22.6 Å². The summed E-state index contributed by atoms with van der Waals surface area (Å²) in [6, 6.07) is 7.85. The molecule has 0 amide bonds. The van der Waals surface area contributed by atoms with Crippen molar-refractivity contribution in [3.63, 3.8) is 0 Å². The lowest BCUT2D eigenvalue weighted by molar-refractivity contribution is -0.136. The van der Waals surface area contributed by atoms with E-state index in [4.69, 9.17) is 9.47 Å². The summed E-state index contributed by atoms with van der Waals surface area (Å²) >= 11 is 0. The third-order valence-electron chi connectivity index (χ3n) is 5.21. The zero-order chi connectivity index (χ0) is 18.7. The molecule has 1 aliphatic carbocycles. The van der Waals surface area contributed by atoms with E-state index in [1.54, 1.807) is 6.20 Å². The van der Waals surface area contributed by atoms with E-state index < -0.39 is 0 Å². The number of aromatic nitrogens is 1. The van der Waals surface area contributed by atoms with E-state index in [0.29, 0.717) is 13.1 Å². The first-order chi connectivity index (χ1) is 12.5. The molecule has 1 aromatic carbocycles. The molecule has 2 atom stereocenters. The molecule has 0 bridgehead atoms. The van der Waals surface area contributed by atoms with Crippen molar-refractivity contribution in [1.29, 1.82) is 0 Å². The molecule has 0 aliphatic heterocycles. The van der Waals surface area contributed by atoms with Gasteiger partial charge in [-0.1, -0.05) is 18.2 Å². The number of carbonyl (C=O) groups is 1. The van der Waals surface area contributed by atoms with Crippen molar-refractivity contribution in [2.75, 3.05) is 0 Å². The average Bonchev–Trinajstić information content (AvgIpc) is 2.64. The fourth-order valence-corrected chi connectivity index (χ4v) is 3.85. The summed E-state index contributed by atoms with van der Waals surface area (Å²) in [6.45, 7) is 11.2. The minimum Gasteiger partial charge on any atom is -0.487 e. The van der Waals surface area contributed by atoms with Gasteiger partial charge in [0.1, 0.15) is 18.5 Å². The molecule has 0 spiro atoms. The van der Waals surface area contributed by atoms with Crippen LogP contribution in [0.15, 0.2) is 42.6 Å². The Labute approximate surface area is 154 Å². The molecule has 0 N–H and O–H groups in total. The van der Waals surface area contributed by atoms with Gasteiger partial charge in [-0.25, -0.2) is 0 Å². The van der Waals surface area contributed by atoms with Gasteiger partial charge in [0.05, 0.1) is 5.69 Å². The van der Waals surface area contributed by atoms with Crippen molar-refractivity contribution in [3.8, 4) is 5.75 Å². The first-order valence-corrected chi connectivity index (χ1v) is 8.93. The molecule has 1 aliphatic rings. The number of aryl methyl sites for hydroxylation is 1. The minimum absolute atomic E-state index is 0.136. The maximum Gasteiger partial charge on any atom is 0.293 e. The van der Waals surface area contributed by atoms with Gasteiger partial charge in [0.15, 0.2) is 0 Å². The number of benzene rings is 1. The molecular weight excluding hydrogens is 326 g/mol. The highest BCUT2D eigenvalue weighted by molar-refractivity contribution is 5.53. The van der Waals surface area contributed by atoms with E-state index in [0.717, 1.165) is 41.0 Å². The Balaban J connectivity index is 1.98. The molecule has 136 valence electrons. The fraction of sp³-hybridized carbons (Fsp3) is 0.364. The van der Waals surface area contributed by atoms with Crippen LogP contribution in [0.2, 0.25) is 0 Å². The summed E-state index contributed by atoms with van der Waals surface area (Å²) in [5.74, 6) is 0.950. The van der Waals surface area contributed by atoms with E-state index in [2.05, 4.69) is 24.6 Å². The van der Waals surface area contributed by atoms with Crippen LogP contribution >= 0.6 is 0 Å². The second-order valence-electron chi connectivity index (χ2n) is 6.96. The predicted molar refractivity (Wildman–Crippen MR) is 101 cm³/mol. The Bertz CT molecular complexity index is 814. The third kappa shape index (κ3) is 3.50. The van der Waals surface area contributed by atoms with Crippen molar-refractivity contribution < 1.29 is 14.3 Å². The zero-order valence-electron chi connectivity index (χ0n) is 15.6. The second kappa shape index (κ2) is 7.73. The molecule has 26 heavy (non-hydrogen) atoms. The fourth-order valence-electron chi connectivity index (χ4n) is 3.85. The molecule has 0 radical (unpaired) electrons. The highest BCUT2D eigenvalue weighted by Crippen LogP contribution is 2.45. The van der Waals surface area contributed by atoms with Crippen molar-refractivity contribution in [2.24, 2.45) is 5.92 Å². The number of carbonyl (C=O) groups excluding carboxylic acids is 1. The summed E-state index contributed by atoms with van der Waals surface area (Å²) < 4.78 is 11.6. The maximum absolute atomic E-state index is 11.2. The minimum atomic E-state index is -0.300. The van der Waals surface area contributed by atoms with Gasteiger partial charge in [0, 0.05) is 17.7 Å². The summed E-state index contributed by atoms with van der Waals surface area (Å²) in [5, 5.41) is 0. The lowest BCUT2D eigenvalue weighted by Crippen LogP contribution is -2.25. The van der Waals surface area contributed by atoms with Gasteiger partial charge in [-0.3, -0.25) is 9.78 Å². The Morgan fingerprint density at radius 2 is 2.19 bits per heavy atom. The van der Waals surface area contributed by atoms with Crippen molar-refractivity contribution in [3.05, 3.63) is 70.6 Å². The Kier molecular flexibility index (Phi) is 5.40. The Morgan fingerprint density at radius 1 is 1.38 bits per heavy atom. The molecule has 4 heteroatoms. The molecule has 1 heterocycles. The number of nitrogens with zero attached hydrogens (tertiary/aromatic N) is 1. The van der Waals surface area contributed by atoms with E-state index in [9.17, 15) is 4.79 Å². The van der Waals surface area contributed by atoms with E-state index in [1.807, 2.05) is 32.0 Å². The monoisotopic (exact) mass is 351 g/mol. The zero-order valence-corrected chi connectivity index (χ0v) is 15.6. The van der Waals surface area contributed by atoms with Gasteiger partial charge in [0.2, 0.25) is 0 Å². The Morgan fingerprint density at radius 3 is 2.85 bits per heavy atom. The lowest BCUT2D eigenvalue weighted by Gasteiger charge is -2.35. The van der Waals surface area contributed by atoms with E-state index in [-0.39, 0.29) is 12.0 Å². The van der Waals surface area contributed by atoms with Crippen LogP contribution in [0, 0.1) is 19.8 Å². The van der Waals surface area contributed by atoms with Crippen LogP contribution in [-0.4, -0.2) is 11.5 Å². The normalized spacial score (nSPS) is 18.7. The van der Waals surface area contributed by atoms with Gasteiger partial charge < -0.3 is 9.47 Å². The number of rotatable bonds is 6. The number of fused-ring (bicyclic) bond motifs is 1. The highest BCUT2D eigenvalue weighted by atomic mass is 16.5. The van der Waals surface area contributed by atoms with Crippen molar-refractivity contribution >= 4 is 6.47 Å². The van der Waals surface area contributed by atoms with E-state index in [1.165, 1.54) is 11.1 Å². The smallest absolute Gasteiger partial charge is 0.293 e. The highest BCUT2D eigenvalue weighted by Gasteiger charge is 2.34. The van der Waals surface area contributed by atoms with Gasteiger partial charge >= 0.3 is 0 Å². The molecule has 0 unspecified atom stereocenters. The van der Waals surface area contributed by atoms with Crippen LogP contribution in [0.4, 0.5) is 0 Å². The Hall–Kier alpha value is -2.62. The summed E-state index contributed by atoms with van der Waals surface area (Å²) in [7, 11) is 0. The number of hydrogen-bond donors (Lipinski definition) is 0. The van der Waals surface area contributed by atoms with Crippen LogP contribution in [0.3, 0.4) is 0 Å². The van der Waals surface area contributed by atoms with Gasteiger partial charge in [-0.05, 0) is 68.5 Å². The molecule has 0 saturated heterocycles.